The van der Waals surface area contributed by atoms with Gasteiger partial charge in [-0.15, -0.1) is 0 Å². The molecule has 2 N–H and O–H groups in total. The summed E-state index contributed by atoms with van der Waals surface area (Å²) in [5.41, 5.74) is 1.18. The highest BCUT2D eigenvalue weighted by Gasteiger charge is 2.16. The maximum atomic E-state index is 11.1. The van der Waals surface area contributed by atoms with Crippen LogP contribution in [0.25, 0.3) is 10.8 Å². The molecule has 0 aliphatic heterocycles. The van der Waals surface area contributed by atoms with E-state index in [9.17, 15) is 9.90 Å². The number of carbonyl (C=O) groups excluding carboxylic acids is 1. The van der Waals surface area contributed by atoms with Gasteiger partial charge in [0.2, 0.25) is 0 Å². The molecule has 0 saturated heterocycles. The highest BCUT2D eigenvalue weighted by Crippen LogP contribution is 2.26. The Balaban J connectivity index is 1.42. The van der Waals surface area contributed by atoms with Crippen molar-refractivity contribution in [3.63, 3.8) is 0 Å². The van der Waals surface area contributed by atoms with Gasteiger partial charge in [-0.1, -0.05) is 36.4 Å². The van der Waals surface area contributed by atoms with Crippen LogP contribution in [0.4, 0.5) is 0 Å². The first-order valence-electron chi connectivity index (χ1n) is 10.2. The molecule has 0 radical (unpaired) electrons. The van der Waals surface area contributed by atoms with Crippen LogP contribution >= 0.6 is 0 Å². The number of nitrogens with one attached hydrogen (secondary N) is 1. The molecule has 0 bridgehead atoms. The van der Waals surface area contributed by atoms with Gasteiger partial charge in [0.25, 0.3) is 0 Å². The van der Waals surface area contributed by atoms with Gasteiger partial charge in [0, 0.05) is 29.8 Å². The minimum absolute atomic E-state index is 0.188. The van der Waals surface area contributed by atoms with E-state index in [2.05, 4.69) is 17.0 Å². The lowest BCUT2D eigenvalue weighted by atomic mass is 10.1. The van der Waals surface area contributed by atoms with Crippen molar-refractivity contribution in [1.82, 2.24) is 5.32 Å². The summed E-state index contributed by atoms with van der Waals surface area (Å²) in [6.07, 6.45) is 2.79. The topological polar surface area (TPSA) is 80.9 Å². The molecule has 2 aromatic carbocycles. The minimum atomic E-state index is -0.701. The number of furan rings is 1. The Morgan fingerprint density at radius 2 is 1.93 bits per heavy atom. The lowest BCUT2D eigenvalue weighted by Crippen LogP contribution is -2.32. The van der Waals surface area contributed by atoms with Gasteiger partial charge in [0.1, 0.15) is 17.6 Å². The number of ether oxygens (including phenoxy) is 2. The Bertz CT molecular complexity index is 934. The van der Waals surface area contributed by atoms with Crippen LogP contribution in [0.5, 0.6) is 5.75 Å². The van der Waals surface area contributed by atoms with Crippen molar-refractivity contribution in [3.8, 4) is 5.75 Å². The molecule has 3 aromatic rings. The number of rotatable bonds is 11. The summed E-state index contributed by atoms with van der Waals surface area (Å²) >= 11 is 0. The molecule has 0 aliphatic carbocycles. The number of carbonyl (C=O) groups is 1. The van der Waals surface area contributed by atoms with E-state index >= 15 is 0 Å². The largest absolute Gasteiger partial charge is 0.494 e. The summed E-state index contributed by atoms with van der Waals surface area (Å²) in [6, 6.07) is 15.9. The van der Waals surface area contributed by atoms with E-state index in [1.165, 1.54) is 12.7 Å². The maximum Gasteiger partial charge on any atom is 0.305 e. The average molecular weight is 411 g/mol. The monoisotopic (exact) mass is 411 g/mol. The highest BCUT2D eigenvalue weighted by atomic mass is 16.5. The molecule has 160 valence electrons. The predicted octanol–water partition coefficient (Wildman–Crippen LogP) is 4.02. The molecular weight excluding hydrogens is 382 g/mol. The SMILES string of the molecule is COC(=O)CCCOc1ccc(CC(C)NCC(O)c2occ3ccccc23)cc1. The van der Waals surface area contributed by atoms with Gasteiger partial charge in [-0.2, -0.15) is 0 Å². The number of methoxy groups -OCH3 is 1. The van der Waals surface area contributed by atoms with Crippen LogP contribution < -0.4 is 10.1 Å². The zero-order valence-electron chi connectivity index (χ0n) is 17.5. The van der Waals surface area contributed by atoms with E-state index in [0.29, 0.717) is 31.8 Å². The number of benzene rings is 2. The Kier molecular flexibility index (Phi) is 7.88. The van der Waals surface area contributed by atoms with Crippen molar-refractivity contribution in [2.24, 2.45) is 0 Å². The van der Waals surface area contributed by atoms with E-state index < -0.39 is 6.10 Å². The number of fused-ring (bicyclic) bond motifs is 1. The zero-order chi connectivity index (χ0) is 21.3. The molecule has 0 fully saturated rings. The Morgan fingerprint density at radius 1 is 1.17 bits per heavy atom. The second-order valence-corrected chi connectivity index (χ2v) is 7.39. The second kappa shape index (κ2) is 10.8. The second-order valence-electron chi connectivity index (χ2n) is 7.39. The predicted molar refractivity (Wildman–Crippen MR) is 116 cm³/mol. The molecule has 6 nitrogen and oxygen atoms in total. The fourth-order valence-corrected chi connectivity index (χ4v) is 3.33. The Labute approximate surface area is 176 Å². The van der Waals surface area contributed by atoms with Crippen LogP contribution in [0.2, 0.25) is 0 Å². The number of hydrogen-bond donors (Lipinski definition) is 2. The summed E-state index contributed by atoms with van der Waals surface area (Å²) in [5, 5.41) is 15.8. The maximum absolute atomic E-state index is 11.1. The van der Waals surface area contributed by atoms with Gasteiger partial charge in [-0.05, 0) is 37.5 Å². The van der Waals surface area contributed by atoms with Gasteiger partial charge in [-0.25, -0.2) is 0 Å². The summed E-state index contributed by atoms with van der Waals surface area (Å²) in [5.74, 6) is 1.16. The van der Waals surface area contributed by atoms with E-state index in [0.717, 1.165) is 22.9 Å². The average Bonchev–Trinajstić information content (AvgIpc) is 3.20. The number of hydrogen-bond acceptors (Lipinski definition) is 6. The van der Waals surface area contributed by atoms with Crippen LogP contribution in [0.3, 0.4) is 0 Å². The summed E-state index contributed by atoms with van der Waals surface area (Å²) < 4.78 is 15.8. The number of esters is 1. The quantitative estimate of drug-likeness (QED) is 0.366. The van der Waals surface area contributed by atoms with Crippen molar-refractivity contribution in [2.75, 3.05) is 20.3 Å². The van der Waals surface area contributed by atoms with Crippen LogP contribution in [0, 0.1) is 0 Å². The van der Waals surface area contributed by atoms with Crippen molar-refractivity contribution >= 4 is 16.7 Å². The van der Waals surface area contributed by atoms with Crippen LogP contribution in [-0.2, 0) is 16.0 Å². The molecule has 1 heterocycles. The standard InChI is InChI=1S/C24H29NO5/c1-17(25-15-22(26)24-21-7-4-3-6-19(21)16-30-24)14-18-9-11-20(12-10-18)29-13-5-8-23(27)28-2/h3-4,6-7,9-12,16-17,22,25-26H,5,8,13-15H2,1-2H3. The third-order valence-electron chi connectivity index (χ3n) is 4.99. The van der Waals surface area contributed by atoms with Crippen LogP contribution in [0.15, 0.2) is 59.2 Å². The van der Waals surface area contributed by atoms with Crippen molar-refractivity contribution in [3.05, 3.63) is 66.1 Å². The third kappa shape index (κ3) is 6.08. The normalized spacial score (nSPS) is 13.2. The summed E-state index contributed by atoms with van der Waals surface area (Å²) in [4.78, 5) is 11.1. The van der Waals surface area contributed by atoms with Crippen molar-refractivity contribution in [2.45, 2.75) is 38.3 Å². The molecule has 0 saturated carbocycles. The smallest absolute Gasteiger partial charge is 0.305 e. The van der Waals surface area contributed by atoms with Gasteiger partial charge < -0.3 is 24.3 Å². The molecule has 1 aromatic heterocycles. The fourth-order valence-electron chi connectivity index (χ4n) is 3.33. The molecule has 2 atom stereocenters. The Hall–Kier alpha value is -2.83. The molecule has 0 amide bonds. The molecule has 0 aliphatic rings. The molecule has 30 heavy (non-hydrogen) atoms. The van der Waals surface area contributed by atoms with Gasteiger partial charge in [0.15, 0.2) is 0 Å². The van der Waals surface area contributed by atoms with Crippen LogP contribution in [-0.4, -0.2) is 37.4 Å². The Morgan fingerprint density at radius 3 is 2.70 bits per heavy atom. The molecule has 2 unspecified atom stereocenters. The first-order chi connectivity index (χ1) is 14.6. The van der Waals surface area contributed by atoms with E-state index in [4.69, 9.17) is 9.15 Å². The lowest BCUT2D eigenvalue weighted by molar-refractivity contribution is -0.140. The fraction of sp³-hybridized carbons (Fsp3) is 0.375. The molecular formula is C24H29NO5. The van der Waals surface area contributed by atoms with E-state index in [-0.39, 0.29) is 12.0 Å². The first-order valence-corrected chi connectivity index (χ1v) is 10.2. The van der Waals surface area contributed by atoms with Gasteiger partial charge >= 0.3 is 5.97 Å². The molecule has 6 heteroatoms. The first kappa shape index (κ1) is 21.9. The number of aliphatic hydroxyl groups is 1. The zero-order valence-corrected chi connectivity index (χ0v) is 17.5. The minimum Gasteiger partial charge on any atom is -0.494 e. The summed E-state index contributed by atoms with van der Waals surface area (Å²) in [7, 11) is 1.39. The van der Waals surface area contributed by atoms with E-state index in [1.807, 2.05) is 48.5 Å². The number of aliphatic hydroxyl groups excluding tert-OH is 1. The lowest BCUT2D eigenvalue weighted by Gasteiger charge is -2.17. The summed E-state index contributed by atoms with van der Waals surface area (Å²) in [6.45, 7) is 2.98. The van der Waals surface area contributed by atoms with E-state index in [1.54, 1.807) is 6.26 Å². The van der Waals surface area contributed by atoms with Crippen LogP contribution in [0.1, 0.15) is 37.2 Å². The van der Waals surface area contributed by atoms with Crippen molar-refractivity contribution in [1.29, 1.82) is 0 Å². The van der Waals surface area contributed by atoms with Gasteiger partial charge in [-0.3, -0.25) is 4.79 Å². The molecule has 3 rings (SSSR count). The van der Waals surface area contributed by atoms with Crippen molar-refractivity contribution < 1.29 is 23.8 Å². The highest BCUT2D eigenvalue weighted by molar-refractivity contribution is 5.84. The third-order valence-corrected chi connectivity index (χ3v) is 4.99. The molecule has 0 spiro atoms. The van der Waals surface area contributed by atoms with Gasteiger partial charge in [0.05, 0.1) is 20.0 Å².